The third kappa shape index (κ3) is 2.39. The highest BCUT2D eigenvalue weighted by Crippen LogP contribution is 2.22. The second kappa shape index (κ2) is 3.70. The minimum Gasteiger partial charge on any atom is -0.324 e. The molecule has 0 aliphatic rings. The van der Waals surface area contributed by atoms with Gasteiger partial charge in [-0.3, -0.25) is 4.79 Å². The summed E-state index contributed by atoms with van der Waals surface area (Å²) in [6.07, 6.45) is 0. The van der Waals surface area contributed by atoms with Crippen molar-refractivity contribution < 1.29 is 13.6 Å². The first kappa shape index (κ1) is 9.92. The topological polar surface area (TPSA) is 29.1 Å². The van der Waals surface area contributed by atoms with E-state index in [1.165, 1.54) is 6.92 Å². The summed E-state index contributed by atoms with van der Waals surface area (Å²) in [6.45, 7) is 1.22. The highest BCUT2D eigenvalue weighted by Gasteiger charge is 2.08. The van der Waals surface area contributed by atoms with Gasteiger partial charge in [0.15, 0.2) is 0 Å². The first-order valence-corrected chi connectivity index (χ1v) is 3.80. The Hall–Kier alpha value is -1.16. The van der Waals surface area contributed by atoms with Crippen molar-refractivity contribution in [3.63, 3.8) is 0 Å². The van der Waals surface area contributed by atoms with Crippen LogP contribution >= 0.6 is 11.6 Å². The van der Waals surface area contributed by atoms with E-state index in [0.29, 0.717) is 6.07 Å². The van der Waals surface area contributed by atoms with Crippen LogP contribution in [0.15, 0.2) is 12.1 Å². The van der Waals surface area contributed by atoms with E-state index in [0.717, 1.165) is 6.07 Å². The fourth-order valence-corrected chi connectivity index (χ4v) is 0.972. The third-order valence-corrected chi connectivity index (χ3v) is 1.61. The first-order chi connectivity index (χ1) is 6.00. The molecule has 0 aromatic heterocycles. The predicted molar refractivity (Wildman–Crippen MR) is 45.7 cm³/mol. The lowest BCUT2D eigenvalue weighted by molar-refractivity contribution is -0.114. The molecular weight excluding hydrogens is 200 g/mol. The van der Waals surface area contributed by atoms with E-state index in [9.17, 15) is 13.6 Å². The molecular formula is C8H6ClF2NO. The van der Waals surface area contributed by atoms with Gasteiger partial charge in [-0.05, 0) is 6.07 Å². The largest absolute Gasteiger partial charge is 0.324 e. The highest BCUT2D eigenvalue weighted by atomic mass is 35.5. The minimum absolute atomic E-state index is 0.126. The van der Waals surface area contributed by atoms with Crippen molar-refractivity contribution in [3.05, 3.63) is 28.8 Å². The average molecular weight is 206 g/mol. The summed E-state index contributed by atoms with van der Waals surface area (Å²) in [6, 6.07) is 1.64. The molecule has 2 nitrogen and oxygen atoms in total. The molecule has 0 atom stereocenters. The van der Waals surface area contributed by atoms with E-state index in [-0.39, 0.29) is 10.7 Å². The van der Waals surface area contributed by atoms with Gasteiger partial charge in [0.1, 0.15) is 11.6 Å². The van der Waals surface area contributed by atoms with Crippen LogP contribution in [-0.4, -0.2) is 5.91 Å². The van der Waals surface area contributed by atoms with Gasteiger partial charge in [0.2, 0.25) is 5.91 Å². The van der Waals surface area contributed by atoms with Crippen molar-refractivity contribution in [1.29, 1.82) is 0 Å². The molecule has 0 fully saturated rings. The number of carbonyl (C=O) groups excluding carboxylic acids is 1. The van der Waals surface area contributed by atoms with E-state index in [1.807, 2.05) is 0 Å². The molecule has 0 spiro atoms. The van der Waals surface area contributed by atoms with Crippen molar-refractivity contribution >= 4 is 23.2 Å². The fourth-order valence-electron chi connectivity index (χ4n) is 0.808. The van der Waals surface area contributed by atoms with Crippen molar-refractivity contribution in [3.8, 4) is 0 Å². The van der Waals surface area contributed by atoms with E-state index in [4.69, 9.17) is 11.6 Å². The smallest absolute Gasteiger partial charge is 0.221 e. The standard InChI is InChI=1S/C8H6ClF2NO/c1-4(13)12-8-2-5(9)6(10)3-7(8)11/h2-3H,1H3,(H,12,13). The summed E-state index contributed by atoms with van der Waals surface area (Å²) in [5.74, 6) is -2.15. The summed E-state index contributed by atoms with van der Waals surface area (Å²) in [4.78, 5) is 10.5. The molecule has 5 heteroatoms. The summed E-state index contributed by atoms with van der Waals surface area (Å²) in [7, 11) is 0. The molecule has 0 saturated carbocycles. The zero-order chi connectivity index (χ0) is 10.0. The van der Waals surface area contributed by atoms with Crippen molar-refractivity contribution in [2.75, 3.05) is 5.32 Å². The summed E-state index contributed by atoms with van der Waals surface area (Å²) >= 11 is 5.38. The van der Waals surface area contributed by atoms with Gasteiger partial charge in [-0.25, -0.2) is 8.78 Å². The Morgan fingerprint density at radius 1 is 1.38 bits per heavy atom. The Balaban J connectivity index is 3.08. The second-order valence-corrected chi connectivity index (χ2v) is 2.83. The van der Waals surface area contributed by atoms with Crippen molar-refractivity contribution in [2.24, 2.45) is 0 Å². The molecule has 1 aromatic rings. The summed E-state index contributed by atoms with van der Waals surface area (Å²) < 4.78 is 25.5. The van der Waals surface area contributed by atoms with Crippen LogP contribution in [0.25, 0.3) is 0 Å². The Labute approximate surface area is 78.5 Å². The first-order valence-electron chi connectivity index (χ1n) is 3.43. The average Bonchev–Trinajstić information content (AvgIpc) is 1.99. The van der Waals surface area contributed by atoms with Crippen LogP contribution in [0, 0.1) is 11.6 Å². The van der Waals surface area contributed by atoms with Crippen LogP contribution in [0.4, 0.5) is 14.5 Å². The zero-order valence-corrected chi connectivity index (χ0v) is 7.45. The maximum absolute atomic E-state index is 12.9. The predicted octanol–water partition coefficient (Wildman–Crippen LogP) is 2.58. The molecule has 0 unspecified atom stereocenters. The Morgan fingerprint density at radius 2 is 2.00 bits per heavy atom. The number of nitrogens with one attached hydrogen (secondary N) is 1. The van der Waals surface area contributed by atoms with Gasteiger partial charge in [-0.15, -0.1) is 0 Å². The SMILES string of the molecule is CC(=O)Nc1cc(Cl)c(F)cc1F. The lowest BCUT2D eigenvalue weighted by Crippen LogP contribution is -2.07. The van der Waals surface area contributed by atoms with E-state index >= 15 is 0 Å². The van der Waals surface area contributed by atoms with E-state index in [2.05, 4.69) is 5.32 Å². The number of hydrogen-bond acceptors (Lipinski definition) is 1. The van der Waals surface area contributed by atoms with Crippen LogP contribution in [0.3, 0.4) is 0 Å². The van der Waals surface area contributed by atoms with Gasteiger partial charge in [-0.2, -0.15) is 0 Å². The minimum atomic E-state index is -0.853. The van der Waals surface area contributed by atoms with Crippen LogP contribution < -0.4 is 5.32 Å². The molecule has 0 radical (unpaired) electrons. The lowest BCUT2D eigenvalue weighted by Gasteiger charge is -2.04. The van der Waals surface area contributed by atoms with Gasteiger partial charge >= 0.3 is 0 Å². The molecule has 0 saturated heterocycles. The van der Waals surface area contributed by atoms with Gasteiger partial charge in [0.25, 0.3) is 0 Å². The quantitative estimate of drug-likeness (QED) is 0.702. The lowest BCUT2D eigenvalue weighted by atomic mass is 10.3. The Morgan fingerprint density at radius 3 is 2.54 bits per heavy atom. The number of amides is 1. The molecule has 0 bridgehead atoms. The number of benzene rings is 1. The zero-order valence-electron chi connectivity index (χ0n) is 6.70. The van der Waals surface area contributed by atoms with Crippen LogP contribution in [0.2, 0.25) is 5.02 Å². The molecule has 1 aromatic carbocycles. The second-order valence-electron chi connectivity index (χ2n) is 2.43. The number of carbonyl (C=O) groups is 1. The third-order valence-electron chi connectivity index (χ3n) is 1.32. The van der Waals surface area contributed by atoms with Gasteiger partial charge in [0.05, 0.1) is 10.7 Å². The Kier molecular flexibility index (Phi) is 2.83. The molecule has 1 rings (SSSR count). The number of anilines is 1. The van der Waals surface area contributed by atoms with Crippen LogP contribution in [0.1, 0.15) is 6.92 Å². The molecule has 0 aliphatic heterocycles. The number of hydrogen-bond donors (Lipinski definition) is 1. The van der Waals surface area contributed by atoms with Gasteiger partial charge < -0.3 is 5.32 Å². The van der Waals surface area contributed by atoms with Gasteiger partial charge in [-0.1, -0.05) is 11.6 Å². The molecule has 13 heavy (non-hydrogen) atoms. The van der Waals surface area contributed by atoms with Crippen molar-refractivity contribution in [1.82, 2.24) is 0 Å². The number of rotatable bonds is 1. The molecule has 0 heterocycles. The maximum atomic E-state index is 12.9. The summed E-state index contributed by atoms with van der Waals surface area (Å²) in [5.41, 5.74) is -0.126. The van der Waals surface area contributed by atoms with Gasteiger partial charge in [0, 0.05) is 13.0 Å². The fraction of sp³-hybridized carbons (Fsp3) is 0.125. The Bertz CT molecular complexity index is 354. The van der Waals surface area contributed by atoms with Crippen LogP contribution in [0.5, 0.6) is 0 Å². The maximum Gasteiger partial charge on any atom is 0.221 e. The van der Waals surface area contributed by atoms with Crippen LogP contribution in [-0.2, 0) is 4.79 Å². The highest BCUT2D eigenvalue weighted by molar-refractivity contribution is 6.31. The van der Waals surface area contributed by atoms with E-state index < -0.39 is 17.5 Å². The summed E-state index contributed by atoms with van der Waals surface area (Å²) in [5, 5.41) is 1.94. The van der Waals surface area contributed by atoms with E-state index in [1.54, 1.807) is 0 Å². The van der Waals surface area contributed by atoms with Crippen molar-refractivity contribution in [2.45, 2.75) is 6.92 Å². The molecule has 0 aliphatic carbocycles. The molecule has 1 N–H and O–H groups in total. The molecule has 1 amide bonds. The normalized spacial score (nSPS) is 9.85. The number of halogens is 3. The monoisotopic (exact) mass is 205 g/mol. The molecule has 70 valence electrons.